The van der Waals surface area contributed by atoms with Gasteiger partial charge in [0.05, 0.1) is 4.90 Å². The van der Waals surface area contributed by atoms with E-state index in [-0.39, 0.29) is 0 Å². The van der Waals surface area contributed by atoms with Crippen molar-refractivity contribution < 1.29 is 4.43 Å². The van der Waals surface area contributed by atoms with Crippen LogP contribution < -0.4 is 4.43 Å². The summed E-state index contributed by atoms with van der Waals surface area (Å²) in [6, 6.07) is 8.31. The second kappa shape index (κ2) is 5.15. The van der Waals surface area contributed by atoms with E-state index in [2.05, 4.69) is 56.1 Å². The third kappa shape index (κ3) is 3.79. The summed E-state index contributed by atoms with van der Waals surface area (Å²) in [4.78, 5) is 2.53. The van der Waals surface area contributed by atoms with Crippen LogP contribution in [-0.2, 0) is 0 Å². The van der Waals surface area contributed by atoms with E-state index >= 15 is 0 Å². The smallest absolute Gasteiger partial charge is 0.242 e. The quantitative estimate of drug-likeness (QED) is 0.718. The van der Waals surface area contributed by atoms with E-state index in [1.54, 1.807) is 11.8 Å². The Kier molecular flexibility index (Phi) is 3.79. The lowest BCUT2D eigenvalue weighted by Crippen LogP contribution is -2.29. The highest BCUT2D eigenvalue weighted by atomic mass is 32.2. The van der Waals surface area contributed by atoms with Crippen molar-refractivity contribution in [3.8, 4) is 5.75 Å². The first-order valence-electron chi connectivity index (χ1n) is 5.87. The van der Waals surface area contributed by atoms with Gasteiger partial charge in [0.1, 0.15) is 5.75 Å². The molecule has 0 amide bonds. The Balaban J connectivity index is 2.18. The van der Waals surface area contributed by atoms with Crippen LogP contribution in [0.1, 0.15) is 6.42 Å². The number of hydrogen-bond donors (Lipinski definition) is 0. The highest BCUT2D eigenvalue weighted by Crippen LogP contribution is 2.37. The van der Waals surface area contributed by atoms with Gasteiger partial charge in [-0.05, 0) is 38.2 Å². The van der Waals surface area contributed by atoms with E-state index in [0.29, 0.717) is 0 Å². The molecule has 1 nitrogen and oxygen atoms in total. The second-order valence-electron chi connectivity index (χ2n) is 5.01. The summed E-state index contributed by atoms with van der Waals surface area (Å²) in [6.45, 7) is 6.63. The molecule has 3 heteroatoms. The van der Waals surface area contributed by atoms with E-state index < -0.39 is 8.32 Å². The van der Waals surface area contributed by atoms with Crippen LogP contribution in [0, 0.1) is 0 Å². The molecule has 0 unspecified atom stereocenters. The van der Waals surface area contributed by atoms with E-state index in [1.165, 1.54) is 9.80 Å². The van der Waals surface area contributed by atoms with Crippen molar-refractivity contribution in [3.05, 3.63) is 47.4 Å². The van der Waals surface area contributed by atoms with E-state index in [4.69, 9.17) is 4.43 Å². The molecule has 0 bridgehead atoms. The molecule has 0 N–H and O–H groups in total. The number of allylic oxidation sites excluding steroid dienone is 3. The molecule has 1 aliphatic carbocycles. The van der Waals surface area contributed by atoms with Gasteiger partial charge < -0.3 is 4.43 Å². The van der Waals surface area contributed by atoms with Crippen molar-refractivity contribution in [2.24, 2.45) is 0 Å². The minimum absolute atomic E-state index is 1.03. The van der Waals surface area contributed by atoms with Gasteiger partial charge in [0.25, 0.3) is 0 Å². The minimum atomic E-state index is -1.54. The lowest BCUT2D eigenvalue weighted by molar-refractivity contribution is 0.544. The van der Waals surface area contributed by atoms with Crippen LogP contribution in [-0.4, -0.2) is 8.32 Å². The molecule has 0 saturated carbocycles. The van der Waals surface area contributed by atoms with Crippen LogP contribution >= 0.6 is 11.8 Å². The third-order valence-corrected chi connectivity index (χ3v) is 4.16. The van der Waals surface area contributed by atoms with Gasteiger partial charge in [-0.2, -0.15) is 0 Å². The first kappa shape index (κ1) is 12.5. The average Bonchev–Trinajstić information content (AvgIpc) is 2.71. The molecule has 0 saturated heterocycles. The lowest BCUT2D eigenvalue weighted by atomic mass is 10.3. The Bertz CT molecular complexity index is 458. The zero-order valence-electron chi connectivity index (χ0n) is 10.6. The van der Waals surface area contributed by atoms with Gasteiger partial charge in [0.15, 0.2) is 0 Å². The number of thioether (sulfide) groups is 1. The monoisotopic (exact) mass is 262 g/mol. The van der Waals surface area contributed by atoms with Crippen molar-refractivity contribution in [1.82, 2.24) is 0 Å². The summed E-state index contributed by atoms with van der Waals surface area (Å²) in [5.41, 5.74) is 0. The van der Waals surface area contributed by atoms with Crippen LogP contribution in [0.25, 0.3) is 0 Å². The zero-order valence-corrected chi connectivity index (χ0v) is 12.4. The zero-order chi connectivity index (χ0) is 12.3. The molecular formula is C14H18OSSi. The maximum atomic E-state index is 6.11. The van der Waals surface area contributed by atoms with Gasteiger partial charge in [-0.25, -0.2) is 0 Å². The predicted octanol–water partition coefficient (Wildman–Crippen LogP) is 4.84. The fourth-order valence-corrected chi connectivity index (χ4v) is 3.45. The molecule has 17 heavy (non-hydrogen) atoms. The minimum Gasteiger partial charge on any atom is -0.544 e. The topological polar surface area (TPSA) is 9.23 Å². The highest BCUT2D eigenvalue weighted by Gasteiger charge is 2.18. The van der Waals surface area contributed by atoms with Gasteiger partial charge >= 0.3 is 0 Å². The molecule has 90 valence electrons. The van der Waals surface area contributed by atoms with Crippen molar-refractivity contribution in [2.75, 3.05) is 0 Å². The van der Waals surface area contributed by atoms with E-state index in [1.807, 2.05) is 6.07 Å². The molecule has 0 atom stereocenters. The first-order valence-corrected chi connectivity index (χ1v) is 10.1. The van der Waals surface area contributed by atoms with Crippen LogP contribution in [0.2, 0.25) is 19.6 Å². The van der Waals surface area contributed by atoms with Crippen molar-refractivity contribution in [2.45, 2.75) is 31.0 Å². The summed E-state index contributed by atoms with van der Waals surface area (Å²) in [6.07, 6.45) is 7.66. The molecule has 0 fully saturated rings. The number of hydrogen-bond acceptors (Lipinski definition) is 2. The molecule has 1 aliphatic rings. The van der Waals surface area contributed by atoms with Crippen LogP contribution in [0.15, 0.2) is 52.3 Å². The van der Waals surface area contributed by atoms with Gasteiger partial charge in [-0.1, -0.05) is 42.1 Å². The van der Waals surface area contributed by atoms with E-state index in [0.717, 1.165) is 12.2 Å². The standard InChI is InChI=1S/C14H18OSSi/c1-17(2,3)15-13-10-6-7-11-14(13)16-12-8-4-5-9-12/h4,6-11H,5H2,1-3H3. The number of benzene rings is 1. The average molecular weight is 262 g/mol. The summed E-state index contributed by atoms with van der Waals surface area (Å²) in [5.74, 6) is 1.03. The Morgan fingerprint density at radius 2 is 1.94 bits per heavy atom. The molecule has 0 aromatic heterocycles. The molecule has 0 heterocycles. The molecule has 0 spiro atoms. The highest BCUT2D eigenvalue weighted by molar-refractivity contribution is 8.03. The van der Waals surface area contributed by atoms with Gasteiger partial charge in [0.2, 0.25) is 8.32 Å². The van der Waals surface area contributed by atoms with Crippen molar-refractivity contribution in [1.29, 1.82) is 0 Å². The number of rotatable bonds is 4. The largest absolute Gasteiger partial charge is 0.544 e. The van der Waals surface area contributed by atoms with Crippen LogP contribution in [0.3, 0.4) is 0 Å². The van der Waals surface area contributed by atoms with Gasteiger partial charge in [-0.15, -0.1) is 0 Å². The SMILES string of the molecule is C[Si](C)(C)Oc1ccccc1SC1=CCC=C1. The third-order valence-electron chi connectivity index (χ3n) is 2.23. The second-order valence-corrected chi connectivity index (χ2v) is 10.6. The fraction of sp³-hybridized carbons (Fsp3) is 0.286. The Morgan fingerprint density at radius 3 is 2.59 bits per heavy atom. The molecule has 1 aromatic rings. The predicted molar refractivity (Wildman–Crippen MR) is 78.1 cm³/mol. The maximum Gasteiger partial charge on any atom is 0.242 e. The van der Waals surface area contributed by atoms with Crippen LogP contribution in [0.4, 0.5) is 0 Å². The maximum absolute atomic E-state index is 6.11. The Hall–Kier alpha value is -0.933. The van der Waals surface area contributed by atoms with Crippen molar-refractivity contribution in [3.63, 3.8) is 0 Å². The normalized spacial score (nSPS) is 14.9. The summed E-state index contributed by atoms with van der Waals surface area (Å²) >= 11 is 1.79. The molecule has 0 aliphatic heterocycles. The Labute approximate surface area is 109 Å². The number of para-hydroxylation sites is 1. The summed E-state index contributed by atoms with van der Waals surface area (Å²) in [5, 5.41) is 0. The molecular weight excluding hydrogens is 244 g/mol. The molecule has 1 aromatic carbocycles. The summed E-state index contributed by atoms with van der Waals surface area (Å²) in [7, 11) is -1.54. The summed E-state index contributed by atoms with van der Waals surface area (Å²) < 4.78 is 6.11. The molecule has 2 rings (SSSR count). The lowest BCUT2D eigenvalue weighted by Gasteiger charge is -2.21. The van der Waals surface area contributed by atoms with Gasteiger partial charge in [-0.3, -0.25) is 0 Å². The van der Waals surface area contributed by atoms with Gasteiger partial charge in [0, 0.05) is 4.91 Å². The molecule has 0 radical (unpaired) electrons. The fourth-order valence-electron chi connectivity index (χ4n) is 1.59. The van der Waals surface area contributed by atoms with Crippen molar-refractivity contribution >= 4 is 20.1 Å². The van der Waals surface area contributed by atoms with E-state index in [9.17, 15) is 0 Å². The Morgan fingerprint density at radius 1 is 1.18 bits per heavy atom. The first-order chi connectivity index (χ1) is 8.04. The van der Waals surface area contributed by atoms with Crippen LogP contribution in [0.5, 0.6) is 5.75 Å².